The average molecular weight is 218 g/mol. The number of hydrogen-bond donors (Lipinski definition) is 2. The molecule has 0 aliphatic heterocycles. The Bertz CT molecular complexity index is 462. The van der Waals surface area contributed by atoms with E-state index in [4.69, 9.17) is 0 Å². The number of aromatic nitrogens is 4. The molecule has 1 aliphatic rings. The van der Waals surface area contributed by atoms with Crippen molar-refractivity contribution in [2.45, 2.75) is 31.4 Å². The highest BCUT2D eigenvalue weighted by molar-refractivity contribution is 5.43. The number of aliphatic hydroxyl groups excluding tert-OH is 1. The monoisotopic (exact) mass is 218 g/mol. The Hall–Kier alpha value is -1.62. The lowest BCUT2D eigenvalue weighted by molar-refractivity contribution is 0.137. The second-order valence-electron chi connectivity index (χ2n) is 4.16. The van der Waals surface area contributed by atoms with Crippen LogP contribution in [0.15, 0.2) is 24.8 Å². The Kier molecular flexibility index (Phi) is 2.25. The summed E-state index contributed by atoms with van der Waals surface area (Å²) in [4.78, 5) is 11.5. The van der Waals surface area contributed by atoms with Crippen LogP contribution in [-0.4, -0.2) is 30.7 Å². The van der Waals surface area contributed by atoms with E-state index in [1.54, 1.807) is 18.6 Å². The van der Waals surface area contributed by atoms with Gasteiger partial charge in [0.05, 0.1) is 12.1 Å². The van der Waals surface area contributed by atoms with Crippen molar-refractivity contribution >= 4 is 0 Å². The molecule has 0 radical (unpaired) electrons. The highest BCUT2D eigenvalue weighted by Crippen LogP contribution is 2.32. The lowest BCUT2D eigenvalue weighted by Gasteiger charge is -2.17. The Morgan fingerprint density at radius 1 is 1.31 bits per heavy atom. The fraction of sp³-hybridized carbons (Fsp3) is 0.455. The smallest absolute Gasteiger partial charge is 0.176 e. The SMILES string of the molecule is O[C@H]1CCC[C@@H]1n1ccnc1-c1ncc[nH]1. The van der Waals surface area contributed by atoms with E-state index in [0.717, 1.165) is 30.9 Å². The molecule has 0 amide bonds. The largest absolute Gasteiger partial charge is 0.391 e. The van der Waals surface area contributed by atoms with E-state index < -0.39 is 0 Å². The molecule has 2 aromatic heterocycles. The van der Waals surface area contributed by atoms with E-state index in [9.17, 15) is 5.11 Å². The normalized spacial score (nSPS) is 25.1. The molecule has 5 heteroatoms. The summed E-state index contributed by atoms with van der Waals surface area (Å²) in [5.74, 6) is 1.56. The minimum atomic E-state index is -0.261. The molecule has 2 aromatic rings. The van der Waals surface area contributed by atoms with Crippen LogP contribution in [0.1, 0.15) is 25.3 Å². The molecule has 2 N–H and O–H groups in total. The third-order valence-corrected chi connectivity index (χ3v) is 3.18. The summed E-state index contributed by atoms with van der Waals surface area (Å²) in [6.07, 6.45) is 9.84. The molecule has 2 heterocycles. The highest BCUT2D eigenvalue weighted by atomic mass is 16.3. The number of imidazole rings is 2. The van der Waals surface area contributed by atoms with Gasteiger partial charge in [-0.25, -0.2) is 9.97 Å². The number of nitrogens with one attached hydrogen (secondary N) is 1. The molecule has 2 atom stereocenters. The third kappa shape index (κ3) is 1.44. The van der Waals surface area contributed by atoms with Crippen LogP contribution >= 0.6 is 0 Å². The zero-order valence-electron chi connectivity index (χ0n) is 8.87. The Morgan fingerprint density at radius 2 is 2.25 bits per heavy atom. The molecule has 1 saturated carbocycles. The number of nitrogens with zero attached hydrogens (tertiary/aromatic N) is 3. The van der Waals surface area contributed by atoms with Crippen LogP contribution in [-0.2, 0) is 0 Å². The molecule has 0 aromatic carbocycles. The summed E-state index contributed by atoms with van der Waals surface area (Å²) in [7, 11) is 0. The van der Waals surface area contributed by atoms with Gasteiger partial charge in [0.1, 0.15) is 0 Å². The molecule has 0 spiro atoms. The van der Waals surface area contributed by atoms with Crippen molar-refractivity contribution in [1.29, 1.82) is 0 Å². The van der Waals surface area contributed by atoms with Gasteiger partial charge >= 0.3 is 0 Å². The van der Waals surface area contributed by atoms with Crippen LogP contribution in [0.3, 0.4) is 0 Å². The topological polar surface area (TPSA) is 66.7 Å². The first kappa shape index (κ1) is 9.59. The van der Waals surface area contributed by atoms with E-state index in [2.05, 4.69) is 15.0 Å². The van der Waals surface area contributed by atoms with Gasteiger partial charge in [0.15, 0.2) is 11.6 Å². The van der Waals surface area contributed by atoms with Crippen molar-refractivity contribution in [3.05, 3.63) is 24.8 Å². The van der Waals surface area contributed by atoms with Crippen molar-refractivity contribution in [1.82, 2.24) is 19.5 Å². The first-order valence-electron chi connectivity index (χ1n) is 5.57. The maximum Gasteiger partial charge on any atom is 0.176 e. The van der Waals surface area contributed by atoms with Gasteiger partial charge in [-0.1, -0.05) is 0 Å². The van der Waals surface area contributed by atoms with Crippen LogP contribution in [0.2, 0.25) is 0 Å². The average Bonchev–Trinajstić information content (AvgIpc) is 2.95. The molecule has 0 bridgehead atoms. The van der Waals surface area contributed by atoms with Gasteiger partial charge in [0.2, 0.25) is 0 Å². The Morgan fingerprint density at radius 3 is 2.94 bits per heavy atom. The first-order valence-corrected chi connectivity index (χ1v) is 5.57. The molecule has 3 rings (SSSR count). The van der Waals surface area contributed by atoms with Gasteiger partial charge in [0, 0.05) is 24.8 Å². The van der Waals surface area contributed by atoms with E-state index >= 15 is 0 Å². The molecule has 5 nitrogen and oxygen atoms in total. The lowest BCUT2D eigenvalue weighted by atomic mass is 10.2. The van der Waals surface area contributed by atoms with E-state index in [0.29, 0.717) is 0 Å². The summed E-state index contributed by atoms with van der Waals surface area (Å²) >= 11 is 0. The van der Waals surface area contributed by atoms with Crippen molar-refractivity contribution in [3.63, 3.8) is 0 Å². The molecular weight excluding hydrogens is 204 g/mol. The zero-order chi connectivity index (χ0) is 11.0. The van der Waals surface area contributed by atoms with Crippen LogP contribution in [0.4, 0.5) is 0 Å². The first-order chi connectivity index (χ1) is 7.86. The van der Waals surface area contributed by atoms with E-state index in [-0.39, 0.29) is 12.1 Å². The van der Waals surface area contributed by atoms with Gasteiger partial charge in [-0.15, -0.1) is 0 Å². The van der Waals surface area contributed by atoms with Crippen LogP contribution in [0.5, 0.6) is 0 Å². The van der Waals surface area contributed by atoms with Gasteiger partial charge in [-0.3, -0.25) is 0 Å². The maximum atomic E-state index is 9.90. The molecular formula is C11H14N4O. The number of aromatic amines is 1. The summed E-state index contributed by atoms with van der Waals surface area (Å²) in [6.45, 7) is 0. The quantitative estimate of drug-likeness (QED) is 0.799. The molecule has 84 valence electrons. The number of rotatable bonds is 2. The van der Waals surface area contributed by atoms with Crippen molar-refractivity contribution in [2.24, 2.45) is 0 Å². The minimum Gasteiger partial charge on any atom is -0.391 e. The summed E-state index contributed by atoms with van der Waals surface area (Å²) in [6, 6.07) is 0.141. The van der Waals surface area contributed by atoms with Gasteiger partial charge in [-0.2, -0.15) is 0 Å². The fourth-order valence-corrected chi connectivity index (χ4v) is 2.40. The van der Waals surface area contributed by atoms with E-state index in [1.807, 2.05) is 10.8 Å². The minimum absolute atomic E-state index is 0.141. The van der Waals surface area contributed by atoms with Gasteiger partial charge in [0.25, 0.3) is 0 Å². The number of aliphatic hydroxyl groups is 1. The second kappa shape index (κ2) is 3.75. The number of hydrogen-bond acceptors (Lipinski definition) is 3. The van der Waals surface area contributed by atoms with Crippen LogP contribution < -0.4 is 0 Å². The van der Waals surface area contributed by atoms with Crippen LogP contribution in [0, 0.1) is 0 Å². The summed E-state index contributed by atoms with van der Waals surface area (Å²) < 4.78 is 2.02. The predicted octanol–water partition coefficient (Wildman–Crippen LogP) is 1.36. The fourth-order valence-electron chi connectivity index (χ4n) is 2.40. The summed E-state index contributed by atoms with van der Waals surface area (Å²) in [5.41, 5.74) is 0. The Balaban J connectivity index is 1.99. The zero-order valence-corrected chi connectivity index (χ0v) is 8.87. The van der Waals surface area contributed by atoms with Crippen LogP contribution in [0.25, 0.3) is 11.6 Å². The molecule has 1 fully saturated rings. The van der Waals surface area contributed by atoms with Gasteiger partial charge < -0.3 is 14.7 Å². The predicted molar refractivity (Wildman–Crippen MR) is 58.7 cm³/mol. The van der Waals surface area contributed by atoms with Crippen molar-refractivity contribution in [2.75, 3.05) is 0 Å². The van der Waals surface area contributed by atoms with Gasteiger partial charge in [-0.05, 0) is 19.3 Å². The highest BCUT2D eigenvalue weighted by Gasteiger charge is 2.28. The molecule has 16 heavy (non-hydrogen) atoms. The van der Waals surface area contributed by atoms with E-state index in [1.165, 1.54) is 0 Å². The second-order valence-corrected chi connectivity index (χ2v) is 4.16. The third-order valence-electron chi connectivity index (χ3n) is 3.18. The Labute approximate surface area is 93.2 Å². The standard InChI is InChI=1S/C11H14N4O/c16-9-3-1-2-8(9)15-7-6-14-11(15)10-12-4-5-13-10/h4-9,16H,1-3H2,(H,12,13)/t8-,9-/m0/s1. The summed E-state index contributed by atoms with van der Waals surface area (Å²) in [5, 5.41) is 9.90. The van der Waals surface area contributed by atoms with Crippen molar-refractivity contribution < 1.29 is 5.11 Å². The van der Waals surface area contributed by atoms with Crippen molar-refractivity contribution in [3.8, 4) is 11.6 Å². The number of H-pyrrole nitrogens is 1. The maximum absolute atomic E-state index is 9.90. The lowest BCUT2D eigenvalue weighted by Crippen LogP contribution is -2.18. The molecule has 1 aliphatic carbocycles. The molecule has 0 unspecified atom stereocenters. The molecule has 0 saturated heterocycles.